The summed E-state index contributed by atoms with van der Waals surface area (Å²) >= 11 is 0. The molecular weight excluding hydrogens is 472 g/mol. The molecule has 1 radical (unpaired) electrons. The van der Waals surface area contributed by atoms with E-state index in [-0.39, 0.29) is 50.7 Å². The Hall–Kier alpha value is 0.167. The van der Waals surface area contributed by atoms with Gasteiger partial charge in [-0.25, -0.2) is 12.2 Å². The van der Waals surface area contributed by atoms with Gasteiger partial charge in [-0.05, 0) is 13.8 Å². The summed E-state index contributed by atoms with van der Waals surface area (Å²) in [6.07, 6.45) is 10.0. The molecular formula is C15H24Cl2HfNSi-2. The number of rotatable bonds is 0. The number of benzene rings is 1. The van der Waals surface area contributed by atoms with E-state index in [0.717, 1.165) is 15.9 Å². The number of hydrogen-bond donors (Lipinski definition) is 0. The van der Waals surface area contributed by atoms with Gasteiger partial charge >= 0.3 is 0 Å². The van der Waals surface area contributed by atoms with E-state index >= 15 is 0 Å². The Morgan fingerprint density at radius 1 is 1.05 bits per heavy atom. The Morgan fingerprint density at radius 2 is 1.50 bits per heavy atom. The molecule has 0 fully saturated rings. The normalized spacial score (nSPS) is 9.60. The van der Waals surface area contributed by atoms with Gasteiger partial charge in [0.1, 0.15) is 0 Å². The predicted molar refractivity (Wildman–Crippen MR) is 94.8 cm³/mol. The third kappa shape index (κ3) is 18.2. The third-order valence-corrected chi connectivity index (χ3v) is 1.81. The van der Waals surface area contributed by atoms with Crippen LogP contribution in [0, 0.1) is 19.9 Å². The second-order valence-electron chi connectivity index (χ2n) is 3.96. The summed E-state index contributed by atoms with van der Waals surface area (Å²) in [5.74, 6) is 0. The Labute approximate surface area is 157 Å². The van der Waals surface area contributed by atoms with Crippen LogP contribution in [0.25, 0.3) is 5.73 Å². The number of halogens is 2. The molecule has 1 aliphatic carbocycles. The Balaban J connectivity index is -0.000000102. The summed E-state index contributed by atoms with van der Waals surface area (Å²) in [6, 6.07) is 5.78. The minimum atomic E-state index is 0. The van der Waals surface area contributed by atoms with Gasteiger partial charge < -0.3 is 5.73 Å². The predicted octanol–water partition coefficient (Wildman–Crippen LogP) is 5.65. The summed E-state index contributed by atoms with van der Waals surface area (Å²) in [5, 5.41) is 0. The molecule has 0 saturated carbocycles. The Bertz CT molecular complexity index is 322. The van der Waals surface area contributed by atoms with E-state index < -0.39 is 0 Å². The van der Waals surface area contributed by atoms with E-state index in [0.29, 0.717) is 5.69 Å². The SMILES string of the molecule is C[SiH]C.Cc1cc(C)cc([NH-])c1.Cl.Cl.[C-]1=CC=CC1.[Hf]. The van der Waals surface area contributed by atoms with Crippen LogP contribution in [0.5, 0.6) is 0 Å². The van der Waals surface area contributed by atoms with Crippen LogP contribution in [0.15, 0.2) is 36.4 Å². The summed E-state index contributed by atoms with van der Waals surface area (Å²) in [6.45, 7) is 8.43. The summed E-state index contributed by atoms with van der Waals surface area (Å²) in [5.41, 5.74) is 10.2. The van der Waals surface area contributed by atoms with Crippen molar-refractivity contribution in [2.24, 2.45) is 0 Å². The zero-order valence-corrected chi connectivity index (χ0v) is 18.9. The van der Waals surface area contributed by atoms with E-state index in [9.17, 15) is 0 Å². The van der Waals surface area contributed by atoms with Crippen molar-refractivity contribution >= 4 is 40.0 Å². The monoisotopic (exact) mass is 496 g/mol. The van der Waals surface area contributed by atoms with E-state index in [1.165, 1.54) is 11.1 Å². The van der Waals surface area contributed by atoms with Crippen molar-refractivity contribution in [1.29, 1.82) is 0 Å². The topological polar surface area (TPSA) is 23.8 Å². The van der Waals surface area contributed by atoms with E-state index in [2.05, 4.69) is 31.3 Å². The van der Waals surface area contributed by atoms with Crippen LogP contribution in [-0.4, -0.2) is 9.52 Å². The summed E-state index contributed by atoms with van der Waals surface area (Å²) in [4.78, 5) is 0. The maximum Gasteiger partial charge on any atom is 0.0213 e. The number of nitrogens with one attached hydrogen (secondary N) is 1. The Morgan fingerprint density at radius 3 is 1.70 bits per heavy atom. The second kappa shape index (κ2) is 19.2. The molecule has 0 bridgehead atoms. The Kier molecular flexibility index (Phi) is 27.2. The fraction of sp³-hybridized carbons (Fsp3) is 0.333. The van der Waals surface area contributed by atoms with Crippen LogP contribution in [-0.2, 0) is 25.8 Å². The van der Waals surface area contributed by atoms with Crippen molar-refractivity contribution in [3.05, 3.63) is 59.4 Å². The number of aryl methyl sites for hydroxylation is 2. The van der Waals surface area contributed by atoms with E-state index in [1.807, 2.05) is 38.1 Å². The quantitative estimate of drug-likeness (QED) is 0.328. The van der Waals surface area contributed by atoms with Crippen LogP contribution in [0.3, 0.4) is 0 Å². The molecule has 2 rings (SSSR count). The molecule has 0 aliphatic heterocycles. The molecule has 0 amide bonds. The van der Waals surface area contributed by atoms with Crippen molar-refractivity contribution in [3.8, 4) is 0 Å². The first-order valence-electron chi connectivity index (χ1n) is 5.85. The molecule has 0 saturated heterocycles. The zero-order valence-electron chi connectivity index (χ0n) is 12.6. The van der Waals surface area contributed by atoms with Gasteiger partial charge in [-0.15, -0.1) is 36.9 Å². The fourth-order valence-corrected chi connectivity index (χ4v) is 1.31. The van der Waals surface area contributed by atoms with Crippen LogP contribution < -0.4 is 0 Å². The average molecular weight is 496 g/mol. The van der Waals surface area contributed by atoms with Crippen molar-refractivity contribution in [2.45, 2.75) is 33.4 Å². The number of allylic oxidation sites excluding steroid dienone is 4. The van der Waals surface area contributed by atoms with Crippen LogP contribution in [0.1, 0.15) is 17.5 Å². The van der Waals surface area contributed by atoms with Gasteiger partial charge in [0.15, 0.2) is 0 Å². The third-order valence-electron chi connectivity index (χ3n) is 1.81. The first kappa shape index (κ1) is 28.3. The van der Waals surface area contributed by atoms with Gasteiger partial charge in [0, 0.05) is 35.4 Å². The average Bonchev–Trinajstić information content (AvgIpc) is 2.73. The van der Waals surface area contributed by atoms with E-state index in [4.69, 9.17) is 5.73 Å². The van der Waals surface area contributed by atoms with Crippen LogP contribution >= 0.6 is 24.8 Å². The van der Waals surface area contributed by atoms with Gasteiger partial charge in [0.2, 0.25) is 0 Å². The molecule has 1 nitrogen and oxygen atoms in total. The van der Waals surface area contributed by atoms with Crippen molar-refractivity contribution in [3.63, 3.8) is 0 Å². The molecule has 1 aromatic carbocycles. The zero-order chi connectivity index (χ0) is 13.1. The molecule has 0 heterocycles. The fourth-order valence-electron chi connectivity index (χ4n) is 1.31. The summed E-state index contributed by atoms with van der Waals surface area (Å²) < 4.78 is 0. The van der Waals surface area contributed by atoms with Gasteiger partial charge in [-0.3, -0.25) is 6.08 Å². The van der Waals surface area contributed by atoms with Crippen LogP contribution in [0.2, 0.25) is 13.1 Å². The number of hydrogen-bond acceptors (Lipinski definition) is 0. The first-order chi connectivity index (χ1) is 8.10. The molecule has 0 unspecified atom stereocenters. The molecule has 5 heteroatoms. The minimum absolute atomic E-state index is 0. The molecule has 113 valence electrons. The smallest absolute Gasteiger partial charge is 0.0213 e. The van der Waals surface area contributed by atoms with Crippen LogP contribution in [0.4, 0.5) is 5.69 Å². The standard InChI is InChI=1S/C8H10N.C5H5.C2H7Si.2ClH.Hf/c1-6-3-7(2)5-8(9)4-6;1-2-4-5-3-1;1-3-2;;;/h3-5,9H,1-2H3;1-3H,4H2;3H,1-2H3;2*1H;/q2*-1;;;;. The second-order valence-corrected chi connectivity index (χ2v) is 5.11. The molecule has 1 aliphatic rings. The van der Waals surface area contributed by atoms with Gasteiger partial charge in [-0.1, -0.05) is 42.4 Å². The van der Waals surface area contributed by atoms with Crippen molar-refractivity contribution < 1.29 is 25.8 Å². The molecule has 0 spiro atoms. The molecule has 1 N–H and O–H groups in total. The van der Waals surface area contributed by atoms with Gasteiger partial charge in [-0.2, -0.15) is 6.08 Å². The first-order valence-corrected chi connectivity index (χ1v) is 8.16. The summed E-state index contributed by atoms with van der Waals surface area (Å²) in [7, 11) is 0.750. The maximum atomic E-state index is 7.28. The largest absolute Gasteiger partial charge is 0.699 e. The van der Waals surface area contributed by atoms with Gasteiger partial charge in [0.25, 0.3) is 0 Å². The maximum absolute atomic E-state index is 7.28. The minimum Gasteiger partial charge on any atom is -0.699 e. The van der Waals surface area contributed by atoms with Crippen molar-refractivity contribution in [2.75, 3.05) is 0 Å². The van der Waals surface area contributed by atoms with Crippen molar-refractivity contribution in [1.82, 2.24) is 0 Å². The molecule has 0 atom stereocenters. The van der Waals surface area contributed by atoms with Gasteiger partial charge in [0.05, 0.1) is 0 Å². The van der Waals surface area contributed by atoms with E-state index in [1.54, 1.807) is 0 Å². The molecule has 20 heavy (non-hydrogen) atoms. The molecule has 0 aromatic heterocycles. The molecule has 1 aromatic rings.